The minimum Gasteiger partial charge on any atom is -0.281 e. The maximum absolute atomic E-state index is 4.56. The first-order valence-electron chi connectivity index (χ1n) is 13.7. The zero-order valence-electron chi connectivity index (χ0n) is 24.2. The van der Waals surface area contributed by atoms with E-state index in [1.54, 1.807) is 0 Å². The summed E-state index contributed by atoms with van der Waals surface area (Å²) in [6, 6.07) is 0. The molecule has 38 heavy (non-hydrogen) atoms. The van der Waals surface area contributed by atoms with Crippen LogP contribution in [0.3, 0.4) is 0 Å². The number of H-pyrrole nitrogens is 1. The largest absolute Gasteiger partial charge is 0.281 e. The standard InChI is InChI=1S/2C10H15IN2.C9H13IN2/c1-10(2)5-4-7-8(6-10)13(3)12-9(7)11;1-10(2)5-4-7-8(6-10)12-13(3)9(7)11;1-9(2)4-3-6-7(5-9)11-12-8(6)10/h2*4-6H2,1-3H3;3-5H2,1-2H3,(H,11,12). The van der Waals surface area contributed by atoms with Crippen molar-refractivity contribution < 1.29 is 0 Å². The Hall–Kier alpha value is -0.180. The third-order valence-electron chi connectivity index (χ3n) is 8.38. The highest BCUT2D eigenvalue weighted by atomic mass is 127. The molecule has 9 heteroatoms. The number of aryl methyl sites for hydroxylation is 2. The monoisotopic (exact) mass is 856 g/mol. The molecule has 3 aliphatic rings. The van der Waals surface area contributed by atoms with E-state index >= 15 is 0 Å². The highest BCUT2D eigenvalue weighted by Crippen LogP contribution is 2.37. The Morgan fingerprint density at radius 1 is 0.658 bits per heavy atom. The molecule has 6 nitrogen and oxygen atoms in total. The summed E-state index contributed by atoms with van der Waals surface area (Å²) in [5, 5.41) is 16.4. The summed E-state index contributed by atoms with van der Waals surface area (Å²) in [4.78, 5) is 0. The summed E-state index contributed by atoms with van der Waals surface area (Å²) in [7, 11) is 4.09. The van der Waals surface area contributed by atoms with Gasteiger partial charge < -0.3 is 0 Å². The first-order valence-corrected chi connectivity index (χ1v) is 16.9. The second kappa shape index (κ2) is 11.6. The smallest absolute Gasteiger partial charge is 0.126 e. The first kappa shape index (κ1) is 30.8. The van der Waals surface area contributed by atoms with Crippen molar-refractivity contribution in [3.8, 4) is 0 Å². The quantitative estimate of drug-likeness (QED) is 0.237. The summed E-state index contributed by atoms with van der Waals surface area (Å²) in [5.41, 5.74) is 9.93. The van der Waals surface area contributed by atoms with Gasteiger partial charge in [0.15, 0.2) is 0 Å². The molecule has 3 aromatic heterocycles. The van der Waals surface area contributed by atoms with Crippen LogP contribution in [0.25, 0.3) is 0 Å². The van der Waals surface area contributed by atoms with Crippen molar-refractivity contribution >= 4 is 67.8 Å². The molecule has 6 rings (SSSR count). The van der Waals surface area contributed by atoms with E-state index in [1.807, 2.05) is 11.7 Å². The molecule has 3 aliphatic carbocycles. The number of nitrogens with one attached hydrogen (secondary N) is 1. The lowest BCUT2D eigenvalue weighted by molar-refractivity contribution is 0.306. The number of aromatic nitrogens is 6. The maximum Gasteiger partial charge on any atom is 0.126 e. The summed E-state index contributed by atoms with van der Waals surface area (Å²) in [6.45, 7) is 14.0. The van der Waals surface area contributed by atoms with Gasteiger partial charge in [0, 0.05) is 42.2 Å². The van der Waals surface area contributed by atoms with Crippen LogP contribution in [0.2, 0.25) is 0 Å². The molecule has 210 valence electrons. The molecule has 0 saturated carbocycles. The fourth-order valence-corrected chi connectivity index (χ4v) is 8.15. The van der Waals surface area contributed by atoms with Gasteiger partial charge in [-0.3, -0.25) is 14.5 Å². The molecule has 0 aliphatic heterocycles. The molecule has 0 saturated heterocycles. The van der Waals surface area contributed by atoms with Gasteiger partial charge in [-0.2, -0.15) is 15.3 Å². The van der Waals surface area contributed by atoms with Crippen LogP contribution in [0, 0.1) is 27.3 Å². The van der Waals surface area contributed by atoms with Crippen LogP contribution in [0.1, 0.15) is 94.6 Å². The number of hydrogen-bond donors (Lipinski definition) is 1. The third-order valence-corrected chi connectivity index (χ3v) is 11.5. The Bertz CT molecular complexity index is 1290. The lowest BCUT2D eigenvalue weighted by Gasteiger charge is -2.29. The molecule has 0 aromatic carbocycles. The predicted molar refractivity (Wildman–Crippen MR) is 181 cm³/mol. The zero-order chi connectivity index (χ0) is 28.0. The summed E-state index contributed by atoms with van der Waals surface area (Å²) >= 11 is 7.05. The minimum absolute atomic E-state index is 0.449. The minimum atomic E-state index is 0.449. The molecule has 0 amide bonds. The molecular weight excluding hydrogens is 813 g/mol. The summed E-state index contributed by atoms with van der Waals surface area (Å²) in [6.07, 6.45) is 10.9. The first-order chi connectivity index (χ1) is 17.6. The molecule has 1 N–H and O–H groups in total. The van der Waals surface area contributed by atoms with E-state index in [1.165, 1.54) is 86.1 Å². The molecule has 3 heterocycles. The summed E-state index contributed by atoms with van der Waals surface area (Å²) in [5.74, 6) is 0. The van der Waals surface area contributed by atoms with E-state index in [-0.39, 0.29) is 0 Å². The Labute approximate surface area is 269 Å². The van der Waals surface area contributed by atoms with E-state index < -0.39 is 0 Å². The van der Waals surface area contributed by atoms with Gasteiger partial charge in [0.05, 0.1) is 5.69 Å². The number of rotatable bonds is 0. The van der Waals surface area contributed by atoms with Crippen LogP contribution >= 0.6 is 67.8 Å². The van der Waals surface area contributed by atoms with Crippen molar-refractivity contribution in [3.63, 3.8) is 0 Å². The van der Waals surface area contributed by atoms with Gasteiger partial charge in [-0.25, -0.2) is 0 Å². The van der Waals surface area contributed by atoms with Crippen LogP contribution in [0.5, 0.6) is 0 Å². The fraction of sp³-hybridized carbons (Fsp3) is 0.690. The zero-order valence-corrected chi connectivity index (χ0v) is 30.7. The second-order valence-corrected chi connectivity index (χ2v) is 16.7. The highest BCUT2D eigenvalue weighted by Gasteiger charge is 2.30. The average Bonchev–Trinajstić information content (AvgIpc) is 3.39. The molecule has 0 unspecified atom stereocenters. The van der Waals surface area contributed by atoms with E-state index in [9.17, 15) is 0 Å². The molecule has 0 radical (unpaired) electrons. The van der Waals surface area contributed by atoms with E-state index in [0.29, 0.717) is 16.2 Å². The second-order valence-electron chi connectivity index (χ2n) is 13.7. The number of hydrogen-bond acceptors (Lipinski definition) is 3. The number of halogens is 3. The molecule has 0 atom stereocenters. The lowest BCUT2D eigenvalue weighted by Crippen LogP contribution is -2.23. The Morgan fingerprint density at radius 2 is 1.21 bits per heavy atom. The van der Waals surface area contributed by atoms with Crippen LogP contribution in [-0.2, 0) is 52.6 Å². The van der Waals surface area contributed by atoms with Crippen molar-refractivity contribution in [2.45, 2.75) is 99.3 Å². The van der Waals surface area contributed by atoms with Crippen LogP contribution in [0.4, 0.5) is 0 Å². The van der Waals surface area contributed by atoms with Gasteiger partial charge in [-0.15, -0.1) is 0 Å². The van der Waals surface area contributed by atoms with Gasteiger partial charge in [0.1, 0.15) is 11.1 Å². The van der Waals surface area contributed by atoms with Crippen LogP contribution in [0.15, 0.2) is 0 Å². The topological polar surface area (TPSA) is 64.3 Å². The number of fused-ring (bicyclic) bond motifs is 3. The number of nitrogens with zero attached hydrogens (tertiary/aromatic N) is 5. The van der Waals surface area contributed by atoms with E-state index in [0.717, 1.165) is 16.5 Å². The maximum atomic E-state index is 4.56. The van der Waals surface area contributed by atoms with Gasteiger partial charge >= 0.3 is 0 Å². The van der Waals surface area contributed by atoms with Gasteiger partial charge in [0.2, 0.25) is 0 Å². The van der Waals surface area contributed by atoms with Crippen molar-refractivity contribution in [2.24, 2.45) is 30.3 Å². The van der Waals surface area contributed by atoms with Crippen molar-refractivity contribution in [1.82, 2.24) is 29.8 Å². The Balaban J connectivity index is 0.000000133. The fourth-order valence-electron chi connectivity index (χ4n) is 5.84. The van der Waals surface area contributed by atoms with Gasteiger partial charge in [-0.1, -0.05) is 41.5 Å². The van der Waals surface area contributed by atoms with E-state index in [2.05, 4.69) is 141 Å². The van der Waals surface area contributed by atoms with Crippen molar-refractivity contribution in [2.75, 3.05) is 0 Å². The SMILES string of the molecule is CC1(C)CCc2c(I)n[nH]c2C1.Cn1nc(I)c2c1CC(C)(C)CC2.Cn1nc2c(c1I)CCC(C)(C)C2. The third kappa shape index (κ3) is 7.17. The Kier molecular flexibility index (Phi) is 9.39. The average molecular weight is 856 g/mol. The normalized spacial score (nSPS) is 20.2. The van der Waals surface area contributed by atoms with Crippen molar-refractivity contribution in [1.29, 1.82) is 0 Å². The van der Waals surface area contributed by atoms with Crippen molar-refractivity contribution in [3.05, 3.63) is 44.9 Å². The van der Waals surface area contributed by atoms with Crippen LogP contribution < -0.4 is 0 Å². The Morgan fingerprint density at radius 3 is 1.87 bits per heavy atom. The van der Waals surface area contributed by atoms with Gasteiger partial charge in [0.25, 0.3) is 0 Å². The molecular formula is C29H43I3N6. The van der Waals surface area contributed by atoms with Gasteiger partial charge in [-0.05, 0) is 142 Å². The number of aromatic amines is 1. The van der Waals surface area contributed by atoms with Crippen LogP contribution in [-0.4, -0.2) is 29.8 Å². The lowest BCUT2D eigenvalue weighted by atomic mass is 9.77. The predicted octanol–water partition coefficient (Wildman–Crippen LogP) is 7.61. The molecule has 0 spiro atoms. The van der Waals surface area contributed by atoms with E-state index in [4.69, 9.17) is 0 Å². The summed E-state index contributed by atoms with van der Waals surface area (Å²) < 4.78 is 7.75. The molecule has 0 bridgehead atoms. The molecule has 0 fully saturated rings. The molecule has 3 aromatic rings. The highest BCUT2D eigenvalue weighted by molar-refractivity contribution is 14.1.